The first-order valence-electron chi connectivity index (χ1n) is 5.58. The van der Waals surface area contributed by atoms with E-state index >= 15 is 0 Å². The van der Waals surface area contributed by atoms with Gasteiger partial charge in [0, 0.05) is 15.3 Å². The lowest BCUT2D eigenvalue weighted by Gasteiger charge is -2.37. The van der Waals surface area contributed by atoms with Crippen LogP contribution in [-0.4, -0.2) is 5.54 Å². The summed E-state index contributed by atoms with van der Waals surface area (Å²) in [4.78, 5) is 2.99. The average molecular weight is 292 g/mol. The number of hydrogen-bond acceptors (Lipinski definition) is 1. The van der Waals surface area contributed by atoms with E-state index in [-0.39, 0.29) is 5.92 Å². The van der Waals surface area contributed by atoms with Crippen molar-refractivity contribution in [2.24, 2.45) is 5.11 Å². The third-order valence-corrected chi connectivity index (χ3v) is 4.02. The van der Waals surface area contributed by atoms with Crippen LogP contribution in [0.1, 0.15) is 30.4 Å². The van der Waals surface area contributed by atoms with Crippen molar-refractivity contribution in [3.05, 3.63) is 56.9 Å². The number of rotatable bonds is 2. The minimum absolute atomic E-state index is 0.0830. The second kappa shape index (κ2) is 4.55. The topological polar surface area (TPSA) is 48.8 Å². The molecule has 2 atom stereocenters. The molecule has 0 radical (unpaired) electrons. The van der Waals surface area contributed by atoms with Crippen molar-refractivity contribution >= 4 is 15.9 Å². The van der Waals surface area contributed by atoms with Gasteiger partial charge in [0.15, 0.2) is 0 Å². The Morgan fingerprint density at radius 2 is 2.41 bits per heavy atom. The molecule has 3 nitrogen and oxygen atoms in total. The van der Waals surface area contributed by atoms with E-state index in [1.54, 1.807) is 0 Å². The van der Waals surface area contributed by atoms with Crippen LogP contribution in [0.25, 0.3) is 10.4 Å². The Bertz CT molecular complexity index is 505. The molecule has 0 spiro atoms. The smallest absolute Gasteiger partial charge is 0.0566 e. The zero-order chi connectivity index (χ0) is 12.5. The molecule has 0 aromatic heterocycles. The molecule has 0 aliphatic heterocycles. The third-order valence-electron chi connectivity index (χ3n) is 3.52. The number of hydrogen-bond donors (Lipinski definition) is 0. The van der Waals surface area contributed by atoms with Crippen molar-refractivity contribution in [1.29, 1.82) is 0 Å². The quantitative estimate of drug-likeness (QED) is 0.327. The van der Waals surface area contributed by atoms with Gasteiger partial charge in [-0.1, -0.05) is 40.1 Å². The Kier molecular flexibility index (Phi) is 3.27. The largest absolute Gasteiger partial charge is 0.102 e. The minimum Gasteiger partial charge on any atom is -0.102 e. The molecule has 0 heterocycles. The average Bonchev–Trinajstić information content (AvgIpc) is 2.29. The van der Waals surface area contributed by atoms with Gasteiger partial charge in [-0.25, -0.2) is 0 Å². The number of nitrogens with zero attached hydrogens (tertiary/aromatic N) is 3. The van der Waals surface area contributed by atoms with Gasteiger partial charge in [0.2, 0.25) is 0 Å². The summed E-state index contributed by atoms with van der Waals surface area (Å²) in [5.41, 5.74) is 10.9. The molecule has 88 valence electrons. The van der Waals surface area contributed by atoms with Gasteiger partial charge in [0.25, 0.3) is 0 Å². The Morgan fingerprint density at radius 3 is 3.06 bits per heavy atom. The predicted molar refractivity (Wildman–Crippen MR) is 73.0 cm³/mol. The molecule has 0 N–H and O–H groups in total. The molecular formula is C13H14BrN3. The highest BCUT2D eigenvalue weighted by Crippen LogP contribution is 2.43. The van der Waals surface area contributed by atoms with E-state index in [2.05, 4.69) is 50.7 Å². The van der Waals surface area contributed by atoms with Gasteiger partial charge in [0.05, 0.1) is 5.54 Å². The summed E-state index contributed by atoms with van der Waals surface area (Å²) in [6, 6.07) is 6.28. The van der Waals surface area contributed by atoms with Gasteiger partial charge in [-0.2, -0.15) is 0 Å². The van der Waals surface area contributed by atoms with Crippen LogP contribution in [0.5, 0.6) is 0 Å². The minimum atomic E-state index is -0.399. The van der Waals surface area contributed by atoms with Crippen molar-refractivity contribution < 1.29 is 0 Å². The predicted octanol–water partition coefficient (Wildman–Crippen LogP) is 4.73. The standard InChI is InChI=1S/C13H14BrN3/c1-3-12-11-8-10(14)5-4-9(11)6-7-13(12,2)16-17-15/h3-5,8,12H,1,6-7H2,2H3/t12-,13+/m0/s1. The normalized spacial score (nSPS) is 26.8. The summed E-state index contributed by atoms with van der Waals surface area (Å²) in [6.07, 6.45) is 3.70. The summed E-state index contributed by atoms with van der Waals surface area (Å²) < 4.78 is 1.05. The van der Waals surface area contributed by atoms with Gasteiger partial charge in [0.1, 0.15) is 0 Å². The van der Waals surface area contributed by atoms with Crippen LogP contribution in [-0.2, 0) is 6.42 Å². The Balaban J connectivity index is 2.56. The van der Waals surface area contributed by atoms with E-state index in [1.807, 2.05) is 13.0 Å². The summed E-state index contributed by atoms with van der Waals surface area (Å²) in [5, 5.41) is 3.99. The second-order valence-electron chi connectivity index (χ2n) is 4.60. The van der Waals surface area contributed by atoms with E-state index in [9.17, 15) is 0 Å². The van der Waals surface area contributed by atoms with E-state index < -0.39 is 5.54 Å². The Labute approximate surface area is 109 Å². The van der Waals surface area contributed by atoms with Gasteiger partial charge in [-0.05, 0) is 41.6 Å². The zero-order valence-electron chi connectivity index (χ0n) is 9.73. The SMILES string of the molecule is C=C[C@H]1c2cc(Br)ccc2CC[C@@]1(C)N=[N+]=[N-]. The van der Waals surface area contributed by atoms with E-state index in [0.29, 0.717) is 0 Å². The van der Waals surface area contributed by atoms with Crippen LogP contribution in [0.2, 0.25) is 0 Å². The highest BCUT2D eigenvalue weighted by Gasteiger charge is 2.37. The van der Waals surface area contributed by atoms with E-state index in [0.717, 1.165) is 17.3 Å². The van der Waals surface area contributed by atoms with Crippen LogP contribution < -0.4 is 0 Å². The molecule has 0 unspecified atom stereocenters. The first kappa shape index (κ1) is 12.2. The van der Waals surface area contributed by atoms with Crippen LogP contribution in [0.4, 0.5) is 0 Å². The van der Waals surface area contributed by atoms with Crippen molar-refractivity contribution in [3.63, 3.8) is 0 Å². The van der Waals surface area contributed by atoms with Gasteiger partial charge >= 0.3 is 0 Å². The fourth-order valence-electron chi connectivity index (χ4n) is 2.56. The van der Waals surface area contributed by atoms with Crippen molar-refractivity contribution in [1.82, 2.24) is 0 Å². The molecule has 1 aromatic rings. The van der Waals surface area contributed by atoms with Crippen molar-refractivity contribution in [2.45, 2.75) is 31.2 Å². The number of azide groups is 1. The summed E-state index contributed by atoms with van der Waals surface area (Å²) in [7, 11) is 0. The second-order valence-corrected chi connectivity index (χ2v) is 5.52. The molecule has 0 fully saturated rings. The maximum atomic E-state index is 8.71. The summed E-state index contributed by atoms with van der Waals surface area (Å²) in [6.45, 7) is 5.89. The first-order valence-corrected chi connectivity index (χ1v) is 6.37. The third kappa shape index (κ3) is 2.11. The number of benzene rings is 1. The van der Waals surface area contributed by atoms with Gasteiger partial charge < -0.3 is 0 Å². The Hall–Kier alpha value is -1.25. The van der Waals surface area contributed by atoms with Crippen LogP contribution >= 0.6 is 15.9 Å². The lowest BCUT2D eigenvalue weighted by Crippen LogP contribution is -2.34. The molecule has 0 saturated carbocycles. The molecule has 1 aromatic carbocycles. The molecule has 2 rings (SSSR count). The van der Waals surface area contributed by atoms with Gasteiger partial charge in [-0.3, -0.25) is 0 Å². The molecule has 1 aliphatic rings. The van der Waals surface area contributed by atoms with Crippen LogP contribution in [0.3, 0.4) is 0 Å². The summed E-state index contributed by atoms with van der Waals surface area (Å²) in [5.74, 6) is 0.0830. The zero-order valence-corrected chi connectivity index (χ0v) is 11.3. The van der Waals surface area contributed by atoms with Crippen molar-refractivity contribution in [3.8, 4) is 0 Å². The molecule has 17 heavy (non-hydrogen) atoms. The molecule has 1 aliphatic carbocycles. The highest BCUT2D eigenvalue weighted by molar-refractivity contribution is 9.10. The molecular weight excluding hydrogens is 278 g/mol. The molecule has 0 amide bonds. The highest BCUT2D eigenvalue weighted by atomic mass is 79.9. The van der Waals surface area contributed by atoms with E-state index in [4.69, 9.17) is 5.53 Å². The van der Waals surface area contributed by atoms with Crippen LogP contribution in [0, 0.1) is 0 Å². The molecule has 0 saturated heterocycles. The molecule has 0 bridgehead atoms. The fraction of sp³-hybridized carbons (Fsp3) is 0.385. The lowest BCUT2D eigenvalue weighted by molar-refractivity contribution is 0.370. The number of fused-ring (bicyclic) bond motifs is 1. The summed E-state index contributed by atoms with van der Waals surface area (Å²) >= 11 is 3.49. The van der Waals surface area contributed by atoms with E-state index in [1.165, 1.54) is 11.1 Å². The van der Waals surface area contributed by atoms with Gasteiger partial charge in [-0.15, -0.1) is 6.58 Å². The maximum absolute atomic E-state index is 8.71. The van der Waals surface area contributed by atoms with Crippen LogP contribution in [0.15, 0.2) is 40.4 Å². The monoisotopic (exact) mass is 291 g/mol. The maximum Gasteiger partial charge on any atom is 0.0566 e. The fourth-order valence-corrected chi connectivity index (χ4v) is 2.94. The Morgan fingerprint density at radius 1 is 1.65 bits per heavy atom. The van der Waals surface area contributed by atoms with Crippen molar-refractivity contribution in [2.75, 3.05) is 0 Å². The molecule has 4 heteroatoms. The first-order chi connectivity index (χ1) is 8.10. The lowest BCUT2D eigenvalue weighted by atomic mass is 9.71. The number of aryl methyl sites for hydroxylation is 1. The number of halogens is 1.